The normalized spacial score (nSPS) is 18.1. The van der Waals surface area contributed by atoms with Gasteiger partial charge in [-0.05, 0) is 82.2 Å². The Labute approximate surface area is 186 Å². The van der Waals surface area contributed by atoms with E-state index in [0.717, 1.165) is 49.2 Å². The van der Waals surface area contributed by atoms with Gasteiger partial charge in [-0.3, -0.25) is 4.79 Å². The van der Waals surface area contributed by atoms with Crippen LogP contribution in [-0.2, 0) is 22.6 Å². The second-order valence-electron chi connectivity index (χ2n) is 8.49. The quantitative estimate of drug-likeness (QED) is 0.327. The van der Waals surface area contributed by atoms with Gasteiger partial charge in [-0.2, -0.15) is 0 Å². The molecule has 0 aromatic heterocycles. The van der Waals surface area contributed by atoms with Crippen molar-refractivity contribution in [2.24, 2.45) is 0 Å². The van der Waals surface area contributed by atoms with E-state index in [1.165, 1.54) is 11.1 Å². The van der Waals surface area contributed by atoms with Crippen LogP contribution < -0.4 is 9.47 Å². The van der Waals surface area contributed by atoms with Gasteiger partial charge in [-0.15, -0.1) is 0 Å². The van der Waals surface area contributed by atoms with Crippen molar-refractivity contribution in [1.82, 2.24) is 0 Å². The Morgan fingerprint density at radius 3 is 2.74 bits per heavy atom. The Morgan fingerprint density at radius 2 is 1.97 bits per heavy atom. The average molecular weight is 423 g/mol. The van der Waals surface area contributed by atoms with Gasteiger partial charge in [-0.1, -0.05) is 42.0 Å². The lowest BCUT2D eigenvalue weighted by Crippen LogP contribution is -2.36. The maximum atomic E-state index is 11.5. The predicted octanol–water partition coefficient (Wildman–Crippen LogP) is 6.42. The molecular formula is C27H34O4. The molecule has 1 atom stereocenters. The molecule has 0 aliphatic carbocycles. The van der Waals surface area contributed by atoms with Crippen LogP contribution in [0.5, 0.6) is 11.5 Å². The maximum Gasteiger partial charge on any atom is 0.306 e. The predicted molar refractivity (Wildman–Crippen MR) is 123 cm³/mol. The van der Waals surface area contributed by atoms with E-state index in [9.17, 15) is 4.79 Å². The van der Waals surface area contributed by atoms with Gasteiger partial charge in [0, 0.05) is 6.42 Å². The zero-order chi connectivity index (χ0) is 22.1. The average Bonchev–Trinajstić information content (AvgIpc) is 2.77. The van der Waals surface area contributed by atoms with Gasteiger partial charge in [0.25, 0.3) is 0 Å². The van der Waals surface area contributed by atoms with E-state index in [2.05, 4.69) is 38.1 Å². The highest BCUT2D eigenvalue weighted by Crippen LogP contribution is 2.37. The summed E-state index contributed by atoms with van der Waals surface area (Å²) in [5, 5.41) is 0. The van der Waals surface area contributed by atoms with Crippen molar-refractivity contribution in [1.29, 1.82) is 0 Å². The lowest BCUT2D eigenvalue weighted by atomic mass is 9.88. The Hall–Kier alpha value is -2.75. The Morgan fingerprint density at radius 1 is 1.16 bits per heavy atom. The van der Waals surface area contributed by atoms with Gasteiger partial charge in [-0.25, -0.2) is 0 Å². The molecule has 4 heteroatoms. The molecular weight excluding hydrogens is 388 g/mol. The molecule has 1 heterocycles. The summed E-state index contributed by atoms with van der Waals surface area (Å²) in [5.41, 5.74) is 3.43. The second kappa shape index (κ2) is 11.0. The summed E-state index contributed by atoms with van der Waals surface area (Å²) in [5.74, 6) is 1.72. The summed E-state index contributed by atoms with van der Waals surface area (Å²) in [7, 11) is 0. The van der Waals surface area contributed by atoms with Crippen LogP contribution in [-0.4, -0.2) is 18.2 Å². The molecule has 3 rings (SSSR count). The van der Waals surface area contributed by atoms with Gasteiger partial charge in [0.15, 0.2) is 0 Å². The zero-order valence-corrected chi connectivity index (χ0v) is 19.0. The number of allylic oxidation sites excluding steroid dienone is 2. The molecule has 0 amide bonds. The summed E-state index contributed by atoms with van der Waals surface area (Å²) in [6.45, 7) is 7.12. The first-order valence-corrected chi connectivity index (χ1v) is 11.3. The van der Waals surface area contributed by atoms with Crippen LogP contribution in [0.2, 0.25) is 0 Å². The van der Waals surface area contributed by atoms with Crippen LogP contribution in [0.4, 0.5) is 0 Å². The molecule has 31 heavy (non-hydrogen) atoms. The lowest BCUT2D eigenvalue weighted by molar-refractivity contribution is -0.143. The Balaban J connectivity index is 1.49. The number of carbonyl (C=O) groups is 1. The van der Waals surface area contributed by atoms with E-state index < -0.39 is 0 Å². The number of esters is 1. The molecule has 0 fully saturated rings. The summed E-state index contributed by atoms with van der Waals surface area (Å²) >= 11 is 0. The largest absolute Gasteiger partial charge is 0.489 e. The van der Waals surface area contributed by atoms with E-state index in [0.29, 0.717) is 19.6 Å². The standard InChI is InChI=1S/C27H34O4/c1-4-29-26(28)15-12-21(2)9-8-17-27(3)18-16-23-19-24(13-14-25(23)31-27)30-20-22-10-6-5-7-11-22/h5-7,9-11,13-14,19H,4,8,12,15-18,20H2,1-3H3/b21-9+. The number of rotatable bonds is 10. The van der Waals surface area contributed by atoms with Gasteiger partial charge in [0.2, 0.25) is 0 Å². The topological polar surface area (TPSA) is 44.8 Å². The molecule has 1 aliphatic heterocycles. The molecule has 0 N–H and O–H groups in total. The molecule has 1 unspecified atom stereocenters. The highest BCUT2D eigenvalue weighted by atomic mass is 16.5. The fourth-order valence-corrected chi connectivity index (χ4v) is 3.83. The number of fused-ring (bicyclic) bond motifs is 1. The van der Waals surface area contributed by atoms with Crippen LogP contribution >= 0.6 is 0 Å². The molecule has 2 aromatic rings. The Bertz CT molecular complexity index is 887. The van der Waals surface area contributed by atoms with E-state index >= 15 is 0 Å². The molecule has 0 saturated carbocycles. The number of ether oxygens (including phenoxy) is 3. The number of hydrogen-bond donors (Lipinski definition) is 0. The van der Waals surface area contributed by atoms with Crippen LogP contribution in [0.1, 0.15) is 64.0 Å². The van der Waals surface area contributed by atoms with Crippen molar-refractivity contribution in [2.75, 3.05) is 6.61 Å². The first kappa shape index (κ1) is 22.9. The number of benzene rings is 2. The molecule has 4 nitrogen and oxygen atoms in total. The highest BCUT2D eigenvalue weighted by Gasteiger charge is 2.31. The number of hydrogen-bond acceptors (Lipinski definition) is 4. The minimum atomic E-state index is -0.169. The SMILES string of the molecule is CCOC(=O)CC/C(C)=C/CCC1(C)CCc2cc(OCc3ccccc3)ccc2O1. The highest BCUT2D eigenvalue weighted by molar-refractivity contribution is 5.69. The van der Waals surface area contributed by atoms with Crippen molar-refractivity contribution in [3.05, 3.63) is 71.3 Å². The molecule has 0 radical (unpaired) electrons. The van der Waals surface area contributed by atoms with Crippen LogP contribution in [0.3, 0.4) is 0 Å². The first-order chi connectivity index (χ1) is 15.0. The van der Waals surface area contributed by atoms with Crippen LogP contribution in [0.15, 0.2) is 60.2 Å². The first-order valence-electron chi connectivity index (χ1n) is 11.3. The van der Waals surface area contributed by atoms with Crippen molar-refractivity contribution < 1.29 is 19.0 Å². The van der Waals surface area contributed by atoms with Crippen molar-refractivity contribution in [3.8, 4) is 11.5 Å². The van der Waals surface area contributed by atoms with E-state index in [1.54, 1.807) is 0 Å². The van der Waals surface area contributed by atoms with Gasteiger partial charge in [0.05, 0.1) is 6.61 Å². The summed E-state index contributed by atoms with van der Waals surface area (Å²) in [6.07, 6.45) is 7.30. The minimum absolute atomic E-state index is 0.124. The van der Waals surface area contributed by atoms with Crippen LogP contribution in [0.25, 0.3) is 0 Å². The minimum Gasteiger partial charge on any atom is -0.489 e. The fourth-order valence-electron chi connectivity index (χ4n) is 3.83. The molecule has 0 bridgehead atoms. The molecule has 0 spiro atoms. The van der Waals surface area contributed by atoms with Gasteiger partial charge >= 0.3 is 5.97 Å². The van der Waals surface area contributed by atoms with Gasteiger partial charge < -0.3 is 14.2 Å². The molecule has 0 saturated heterocycles. The van der Waals surface area contributed by atoms with Crippen molar-refractivity contribution >= 4 is 5.97 Å². The maximum absolute atomic E-state index is 11.5. The summed E-state index contributed by atoms with van der Waals surface area (Å²) < 4.78 is 17.3. The van der Waals surface area contributed by atoms with E-state index in [4.69, 9.17) is 14.2 Å². The van der Waals surface area contributed by atoms with E-state index in [1.807, 2.05) is 37.3 Å². The second-order valence-corrected chi connectivity index (χ2v) is 8.49. The van der Waals surface area contributed by atoms with Crippen molar-refractivity contribution in [3.63, 3.8) is 0 Å². The summed E-state index contributed by atoms with van der Waals surface area (Å²) in [4.78, 5) is 11.5. The lowest BCUT2D eigenvalue weighted by Gasteiger charge is -2.36. The third-order valence-electron chi connectivity index (χ3n) is 5.75. The van der Waals surface area contributed by atoms with E-state index in [-0.39, 0.29) is 11.6 Å². The van der Waals surface area contributed by atoms with Crippen LogP contribution in [0, 0.1) is 0 Å². The number of carbonyl (C=O) groups excluding carboxylic acids is 1. The Kier molecular flexibility index (Phi) is 8.16. The summed E-state index contributed by atoms with van der Waals surface area (Å²) in [6, 6.07) is 16.3. The van der Waals surface area contributed by atoms with Gasteiger partial charge in [0.1, 0.15) is 23.7 Å². The third kappa shape index (κ3) is 7.16. The zero-order valence-electron chi connectivity index (χ0n) is 19.0. The molecule has 2 aromatic carbocycles. The smallest absolute Gasteiger partial charge is 0.306 e. The monoisotopic (exact) mass is 422 g/mol. The number of aryl methyl sites for hydroxylation is 1. The fraction of sp³-hybridized carbons (Fsp3) is 0.444. The molecule has 166 valence electrons. The van der Waals surface area contributed by atoms with Crippen molar-refractivity contribution in [2.45, 2.75) is 71.5 Å². The third-order valence-corrected chi connectivity index (χ3v) is 5.75. The molecule has 1 aliphatic rings.